The maximum absolute atomic E-state index is 11.8. The maximum atomic E-state index is 11.8. The van der Waals surface area contributed by atoms with Crippen LogP contribution in [0.3, 0.4) is 0 Å². The standard InChI is InChI=1S/C19H16BrCl2NO4/c1-10(2)19(26)23-16-5-4-12(9-13(16)20)27-18-14(21)7-11(8-15(18)22)3-6-17(24)25/h3-10H,1-2H3,(H,23,26)(H,24,25)/b6-3+. The van der Waals surface area contributed by atoms with Gasteiger partial charge in [0, 0.05) is 16.5 Å². The van der Waals surface area contributed by atoms with E-state index in [9.17, 15) is 9.59 Å². The van der Waals surface area contributed by atoms with Crippen LogP contribution in [0.15, 0.2) is 40.9 Å². The van der Waals surface area contributed by atoms with Crippen LogP contribution >= 0.6 is 39.1 Å². The molecule has 5 nitrogen and oxygen atoms in total. The normalized spacial score (nSPS) is 11.0. The molecule has 0 aromatic heterocycles. The molecule has 0 saturated carbocycles. The molecule has 1 amide bonds. The molecule has 0 saturated heterocycles. The molecule has 0 fully saturated rings. The Bertz CT molecular complexity index is 890. The molecule has 0 unspecified atom stereocenters. The molecule has 0 heterocycles. The molecule has 8 heteroatoms. The van der Waals surface area contributed by atoms with E-state index in [0.717, 1.165) is 6.08 Å². The molecule has 0 spiro atoms. The van der Waals surface area contributed by atoms with Gasteiger partial charge >= 0.3 is 5.97 Å². The molecule has 142 valence electrons. The molecule has 27 heavy (non-hydrogen) atoms. The van der Waals surface area contributed by atoms with Gasteiger partial charge in [0.25, 0.3) is 0 Å². The number of halogens is 3. The number of carbonyl (C=O) groups is 2. The van der Waals surface area contributed by atoms with E-state index < -0.39 is 5.97 Å². The number of rotatable bonds is 6. The number of hydrogen-bond acceptors (Lipinski definition) is 3. The Morgan fingerprint density at radius 2 is 1.81 bits per heavy atom. The summed E-state index contributed by atoms with van der Waals surface area (Å²) in [5.74, 6) is -0.601. The second-order valence-corrected chi connectivity index (χ2v) is 7.54. The van der Waals surface area contributed by atoms with Crippen LogP contribution in [-0.4, -0.2) is 17.0 Å². The van der Waals surface area contributed by atoms with E-state index in [1.54, 1.807) is 44.2 Å². The van der Waals surface area contributed by atoms with Crippen LogP contribution in [-0.2, 0) is 9.59 Å². The van der Waals surface area contributed by atoms with E-state index in [1.165, 1.54) is 6.08 Å². The molecule has 2 N–H and O–H groups in total. The van der Waals surface area contributed by atoms with Crippen LogP contribution in [0.5, 0.6) is 11.5 Å². The number of ether oxygens (including phenoxy) is 1. The van der Waals surface area contributed by atoms with Crippen molar-refractivity contribution in [3.8, 4) is 11.5 Å². The summed E-state index contributed by atoms with van der Waals surface area (Å²) < 4.78 is 6.40. The number of hydrogen-bond donors (Lipinski definition) is 2. The third-order valence-electron chi connectivity index (χ3n) is 3.38. The Kier molecular flexibility index (Phi) is 7.30. The van der Waals surface area contributed by atoms with Gasteiger partial charge in [-0.15, -0.1) is 0 Å². The predicted molar refractivity (Wildman–Crippen MR) is 111 cm³/mol. The lowest BCUT2D eigenvalue weighted by Crippen LogP contribution is -2.17. The molecule has 2 aromatic rings. The highest BCUT2D eigenvalue weighted by molar-refractivity contribution is 9.10. The molecule has 0 bridgehead atoms. The number of carboxylic acids is 1. The lowest BCUT2D eigenvalue weighted by molar-refractivity contribution is -0.131. The topological polar surface area (TPSA) is 75.6 Å². The second kappa shape index (κ2) is 9.26. The van der Waals surface area contributed by atoms with Crippen molar-refractivity contribution in [1.82, 2.24) is 0 Å². The van der Waals surface area contributed by atoms with Gasteiger partial charge in [-0.05, 0) is 57.9 Å². The minimum atomic E-state index is -1.07. The summed E-state index contributed by atoms with van der Waals surface area (Å²) in [7, 11) is 0. The van der Waals surface area contributed by atoms with Gasteiger partial charge in [0.1, 0.15) is 5.75 Å². The van der Waals surface area contributed by atoms with Gasteiger partial charge in [-0.25, -0.2) is 4.79 Å². The highest BCUT2D eigenvalue weighted by Crippen LogP contribution is 2.39. The first kappa shape index (κ1) is 21.3. The van der Waals surface area contributed by atoms with Crippen molar-refractivity contribution < 1.29 is 19.4 Å². The van der Waals surface area contributed by atoms with Crippen LogP contribution in [0.4, 0.5) is 5.69 Å². The SMILES string of the molecule is CC(C)C(=O)Nc1ccc(Oc2c(Cl)cc(/C=C/C(=O)O)cc2Cl)cc1Br. The fraction of sp³-hybridized carbons (Fsp3) is 0.158. The lowest BCUT2D eigenvalue weighted by atomic mass is 10.2. The minimum Gasteiger partial charge on any atom is -0.478 e. The number of amides is 1. The smallest absolute Gasteiger partial charge is 0.328 e. The van der Waals surface area contributed by atoms with Gasteiger partial charge in [0.15, 0.2) is 5.75 Å². The van der Waals surface area contributed by atoms with Crippen LogP contribution in [0.1, 0.15) is 19.4 Å². The highest BCUT2D eigenvalue weighted by Gasteiger charge is 2.13. The molecule has 0 aliphatic rings. The van der Waals surface area contributed by atoms with Crippen LogP contribution < -0.4 is 10.1 Å². The quantitative estimate of drug-likeness (QED) is 0.488. The Balaban J connectivity index is 2.23. The molecule has 2 rings (SSSR count). The Morgan fingerprint density at radius 3 is 2.33 bits per heavy atom. The maximum Gasteiger partial charge on any atom is 0.328 e. The number of nitrogens with one attached hydrogen (secondary N) is 1. The Labute approximate surface area is 175 Å². The average molecular weight is 473 g/mol. The summed E-state index contributed by atoms with van der Waals surface area (Å²) in [6.45, 7) is 3.61. The first-order valence-electron chi connectivity index (χ1n) is 7.85. The van der Waals surface area contributed by atoms with E-state index in [1.807, 2.05) is 0 Å². The zero-order valence-electron chi connectivity index (χ0n) is 14.4. The van der Waals surface area contributed by atoms with E-state index >= 15 is 0 Å². The minimum absolute atomic E-state index is 0.0968. The fourth-order valence-corrected chi connectivity index (χ4v) is 3.03. The van der Waals surface area contributed by atoms with Gasteiger partial charge < -0.3 is 15.2 Å². The fourth-order valence-electron chi connectivity index (χ4n) is 2.00. The molecule has 0 aliphatic carbocycles. The first-order chi connectivity index (χ1) is 12.7. The van der Waals surface area contributed by atoms with Crippen LogP contribution in [0, 0.1) is 5.92 Å². The van der Waals surface area contributed by atoms with Crippen molar-refractivity contribution in [2.24, 2.45) is 5.92 Å². The van der Waals surface area contributed by atoms with Crippen molar-refractivity contribution in [2.75, 3.05) is 5.32 Å². The Hall–Kier alpha value is -2.02. The largest absolute Gasteiger partial charge is 0.478 e. The van der Waals surface area contributed by atoms with Crippen molar-refractivity contribution >= 4 is 62.8 Å². The number of aliphatic carboxylic acids is 1. The molecular weight excluding hydrogens is 457 g/mol. The number of carbonyl (C=O) groups excluding carboxylic acids is 1. The third-order valence-corrected chi connectivity index (χ3v) is 4.60. The van der Waals surface area contributed by atoms with Gasteiger partial charge in [0.2, 0.25) is 5.91 Å². The molecule has 2 aromatic carbocycles. The Morgan fingerprint density at radius 1 is 1.19 bits per heavy atom. The van der Waals surface area contributed by atoms with Gasteiger partial charge in [-0.3, -0.25) is 4.79 Å². The first-order valence-corrected chi connectivity index (χ1v) is 9.40. The van der Waals surface area contributed by atoms with E-state index in [-0.39, 0.29) is 27.6 Å². The predicted octanol–water partition coefficient (Wildman–Crippen LogP) is 6.24. The van der Waals surface area contributed by atoms with Gasteiger partial charge in [-0.2, -0.15) is 0 Å². The zero-order chi connectivity index (χ0) is 20.1. The average Bonchev–Trinajstić information content (AvgIpc) is 2.58. The number of benzene rings is 2. The molecular formula is C19H16BrCl2NO4. The van der Waals surface area contributed by atoms with Crippen LogP contribution in [0.2, 0.25) is 10.0 Å². The molecule has 0 atom stereocenters. The van der Waals surface area contributed by atoms with Gasteiger partial charge in [0.05, 0.1) is 15.7 Å². The lowest BCUT2D eigenvalue weighted by Gasteiger charge is -2.13. The number of carboxylic acid groups (broad SMARTS) is 1. The zero-order valence-corrected chi connectivity index (χ0v) is 17.5. The van der Waals surface area contributed by atoms with Crippen molar-refractivity contribution in [3.63, 3.8) is 0 Å². The summed E-state index contributed by atoms with van der Waals surface area (Å²) in [4.78, 5) is 22.4. The monoisotopic (exact) mass is 471 g/mol. The highest BCUT2D eigenvalue weighted by atomic mass is 79.9. The van der Waals surface area contributed by atoms with Crippen molar-refractivity contribution in [1.29, 1.82) is 0 Å². The second-order valence-electron chi connectivity index (χ2n) is 5.87. The van der Waals surface area contributed by atoms with Crippen LogP contribution in [0.25, 0.3) is 6.08 Å². The van der Waals surface area contributed by atoms with E-state index in [0.29, 0.717) is 21.5 Å². The molecule has 0 aliphatic heterocycles. The summed E-state index contributed by atoms with van der Waals surface area (Å²) >= 11 is 15.8. The molecule has 0 radical (unpaired) electrons. The summed E-state index contributed by atoms with van der Waals surface area (Å²) in [5, 5.41) is 12.0. The van der Waals surface area contributed by atoms with E-state index in [4.69, 9.17) is 33.0 Å². The summed E-state index contributed by atoms with van der Waals surface area (Å²) in [6, 6.07) is 8.15. The van der Waals surface area contributed by atoms with Crippen molar-refractivity contribution in [2.45, 2.75) is 13.8 Å². The van der Waals surface area contributed by atoms with E-state index in [2.05, 4.69) is 21.2 Å². The van der Waals surface area contributed by atoms with Gasteiger partial charge in [-0.1, -0.05) is 37.0 Å². The third kappa shape index (κ3) is 5.99. The van der Waals surface area contributed by atoms with Crippen molar-refractivity contribution in [3.05, 3.63) is 56.5 Å². The summed E-state index contributed by atoms with van der Waals surface area (Å²) in [6.07, 6.45) is 2.37. The number of anilines is 1. The summed E-state index contributed by atoms with van der Waals surface area (Å²) in [5.41, 5.74) is 1.15.